The standard InChI is InChI=1S/C14H18FNO2/c1-2-18-14(17)13(16-9-10-6-7-10)11-4-3-5-12(15)8-11/h3-5,8,10,13,16H,2,6-7,9H2,1H3. The van der Waals surface area contributed by atoms with Crippen LogP contribution < -0.4 is 5.32 Å². The number of nitrogens with one attached hydrogen (secondary N) is 1. The lowest BCUT2D eigenvalue weighted by atomic mass is 10.1. The van der Waals surface area contributed by atoms with Crippen LogP contribution in [0, 0.1) is 11.7 Å². The van der Waals surface area contributed by atoms with Crippen LogP contribution in [0.2, 0.25) is 0 Å². The molecule has 18 heavy (non-hydrogen) atoms. The summed E-state index contributed by atoms with van der Waals surface area (Å²) in [6.45, 7) is 2.87. The predicted molar refractivity (Wildman–Crippen MR) is 66.5 cm³/mol. The predicted octanol–water partition coefficient (Wildman–Crippen LogP) is 2.43. The molecule has 0 spiro atoms. The average molecular weight is 251 g/mol. The molecule has 0 aromatic heterocycles. The van der Waals surface area contributed by atoms with Crippen molar-refractivity contribution in [3.63, 3.8) is 0 Å². The van der Waals surface area contributed by atoms with Gasteiger partial charge in [-0.05, 0) is 49.9 Å². The summed E-state index contributed by atoms with van der Waals surface area (Å²) < 4.78 is 18.2. The van der Waals surface area contributed by atoms with Crippen LogP contribution >= 0.6 is 0 Å². The maximum atomic E-state index is 13.2. The van der Waals surface area contributed by atoms with Crippen LogP contribution in [0.25, 0.3) is 0 Å². The number of halogens is 1. The molecule has 98 valence electrons. The molecule has 1 aliphatic carbocycles. The maximum Gasteiger partial charge on any atom is 0.327 e. The molecule has 0 heterocycles. The Balaban J connectivity index is 2.08. The second-order valence-electron chi connectivity index (χ2n) is 4.59. The topological polar surface area (TPSA) is 38.3 Å². The molecule has 0 amide bonds. The van der Waals surface area contributed by atoms with Crippen molar-refractivity contribution in [2.45, 2.75) is 25.8 Å². The zero-order chi connectivity index (χ0) is 13.0. The third-order valence-corrected chi connectivity index (χ3v) is 3.01. The van der Waals surface area contributed by atoms with Gasteiger partial charge in [0.25, 0.3) is 0 Å². The van der Waals surface area contributed by atoms with E-state index in [0.717, 1.165) is 6.54 Å². The summed E-state index contributed by atoms with van der Waals surface area (Å²) in [5.41, 5.74) is 0.620. The highest BCUT2D eigenvalue weighted by atomic mass is 19.1. The molecule has 1 unspecified atom stereocenters. The van der Waals surface area contributed by atoms with Crippen molar-refractivity contribution in [3.05, 3.63) is 35.6 Å². The van der Waals surface area contributed by atoms with Gasteiger partial charge < -0.3 is 10.1 Å². The van der Waals surface area contributed by atoms with Crippen molar-refractivity contribution in [3.8, 4) is 0 Å². The molecule has 1 saturated carbocycles. The van der Waals surface area contributed by atoms with E-state index in [0.29, 0.717) is 18.1 Å². The molecular weight excluding hydrogens is 233 g/mol. The third-order valence-electron chi connectivity index (χ3n) is 3.01. The number of hydrogen-bond acceptors (Lipinski definition) is 3. The van der Waals surface area contributed by atoms with Crippen LogP contribution in [0.4, 0.5) is 4.39 Å². The van der Waals surface area contributed by atoms with Gasteiger partial charge >= 0.3 is 5.97 Å². The first-order valence-electron chi connectivity index (χ1n) is 6.36. The first kappa shape index (κ1) is 13.0. The van der Waals surface area contributed by atoms with Crippen molar-refractivity contribution < 1.29 is 13.9 Å². The van der Waals surface area contributed by atoms with Gasteiger partial charge in [0.1, 0.15) is 11.9 Å². The van der Waals surface area contributed by atoms with E-state index in [2.05, 4.69) is 5.32 Å². The van der Waals surface area contributed by atoms with E-state index in [-0.39, 0.29) is 11.8 Å². The lowest BCUT2D eigenvalue weighted by Crippen LogP contribution is -2.31. The fourth-order valence-corrected chi connectivity index (χ4v) is 1.86. The number of esters is 1. The smallest absolute Gasteiger partial charge is 0.327 e. The largest absolute Gasteiger partial charge is 0.465 e. The van der Waals surface area contributed by atoms with Crippen LogP contribution in [0.1, 0.15) is 31.4 Å². The van der Waals surface area contributed by atoms with E-state index >= 15 is 0 Å². The molecule has 0 radical (unpaired) electrons. The number of benzene rings is 1. The molecule has 0 aliphatic heterocycles. The van der Waals surface area contributed by atoms with Crippen molar-refractivity contribution in [1.29, 1.82) is 0 Å². The molecular formula is C14H18FNO2. The van der Waals surface area contributed by atoms with Crippen molar-refractivity contribution >= 4 is 5.97 Å². The minimum Gasteiger partial charge on any atom is -0.465 e. The zero-order valence-corrected chi connectivity index (χ0v) is 10.5. The number of rotatable bonds is 6. The van der Waals surface area contributed by atoms with Gasteiger partial charge in [0.15, 0.2) is 0 Å². The molecule has 1 atom stereocenters. The van der Waals surface area contributed by atoms with Gasteiger partial charge in [0.05, 0.1) is 6.61 Å². The van der Waals surface area contributed by atoms with Gasteiger partial charge in [-0.2, -0.15) is 0 Å². The monoisotopic (exact) mass is 251 g/mol. The summed E-state index contributed by atoms with van der Waals surface area (Å²) in [4.78, 5) is 11.9. The first-order valence-corrected chi connectivity index (χ1v) is 6.36. The molecule has 2 rings (SSSR count). The highest BCUT2D eigenvalue weighted by Gasteiger charge is 2.26. The van der Waals surface area contributed by atoms with Crippen LogP contribution in [-0.4, -0.2) is 19.1 Å². The van der Waals surface area contributed by atoms with Crippen LogP contribution in [0.15, 0.2) is 24.3 Å². The van der Waals surface area contributed by atoms with E-state index in [9.17, 15) is 9.18 Å². The fourth-order valence-electron chi connectivity index (χ4n) is 1.86. The molecule has 1 aromatic carbocycles. The van der Waals surface area contributed by atoms with E-state index < -0.39 is 6.04 Å². The van der Waals surface area contributed by atoms with Gasteiger partial charge in [0.2, 0.25) is 0 Å². The lowest BCUT2D eigenvalue weighted by Gasteiger charge is -2.17. The average Bonchev–Trinajstić information content (AvgIpc) is 3.14. The Morgan fingerprint density at radius 3 is 2.94 bits per heavy atom. The minimum atomic E-state index is -0.568. The summed E-state index contributed by atoms with van der Waals surface area (Å²) in [7, 11) is 0. The molecule has 0 saturated heterocycles. The zero-order valence-electron chi connectivity index (χ0n) is 10.5. The third kappa shape index (κ3) is 3.53. The Morgan fingerprint density at radius 1 is 1.56 bits per heavy atom. The molecule has 1 aliphatic rings. The van der Waals surface area contributed by atoms with E-state index in [1.807, 2.05) is 0 Å². The summed E-state index contributed by atoms with van der Waals surface area (Å²) in [6, 6.07) is 5.52. The van der Waals surface area contributed by atoms with Gasteiger partial charge in [0, 0.05) is 0 Å². The van der Waals surface area contributed by atoms with Crippen LogP contribution in [0.5, 0.6) is 0 Å². The fraction of sp³-hybridized carbons (Fsp3) is 0.500. The molecule has 1 fully saturated rings. The SMILES string of the molecule is CCOC(=O)C(NCC1CC1)c1cccc(F)c1. The number of carbonyl (C=O) groups excluding carboxylic acids is 1. The van der Waals surface area contributed by atoms with Crippen molar-refractivity contribution in [1.82, 2.24) is 5.32 Å². The quantitative estimate of drug-likeness (QED) is 0.789. The molecule has 0 bridgehead atoms. The molecule has 1 N–H and O–H groups in total. The Morgan fingerprint density at radius 2 is 2.33 bits per heavy atom. The van der Waals surface area contributed by atoms with Gasteiger partial charge in [-0.15, -0.1) is 0 Å². The minimum absolute atomic E-state index is 0.329. The van der Waals surface area contributed by atoms with Crippen LogP contribution in [0.3, 0.4) is 0 Å². The van der Waals surface area contributed by atoms with Gasteiger partial charge in [-0.25, -0.2) is 9.18 Å². The first-order chi connectivity index (χ1) is 8.70. The number of ether oxygens (including phenoxy) is 1. The van der Waals surface area contributed by atoms with Crippen molar-refractivity contribution in [2.75, 3.05) is 13.2 Å². The molecule has 1 aromatic rings. The van der Waals surface area contributed by atoms with E-state index in [1.165, 1.54) is 25.0 Å². The summed E-state index contributed by atoms with van der Waals surface area (Å²) in [6.07, 6.45) is 2.40. The Labute approximate surface area is 106 Å². The van der Waals surface area contributed by atoms with E-state index in [4.69, 9.17) is 4.74 Å². The maximum absolute atomic E-state index is 13.2. The summed E-state index contributed by atoms with van der Waals surface area (Å²) in [5, 5.41) is 3.17. The second-order valence-corrected chi connectivity index (χ2v) is 4.59. The highest BCUT2D eigenvalue weighted by Crippen LogP contribution is 2.28. The van der Waals surface area contributed by atoms with Crippen molar-refractivity contribution in [2.24, 2.45) is 5.92 Å². The molecule has 4 heteroatoms. The van der Waals surface area contributed by atoms with E-state index in [1.54, 1.807) is 19.1 Å². The Bertz CT molecular complexity index is 418. The Kier molecular flexibility index (Phi) is 4.31. The summed E-state index contributed by atoms with van der Waals surface area (Å²) in [5.74, 6) is -0.0331. The lowest BCUT2D eigenvalue weighted by molar-refractivity contribution is -0.145. The number of hydrogen-bond donors (Lipinski definition) is 1. The van der Waals surface area contributed by atoms with Gasteiger partial charge in [-0.3, -0.25) is 0 Å². The normalized spacial score (nSPS) is 16.3. The molecule has 3 nitrogen and oxygen atoms in total. The Hall–Kier alpha value is -1.42. The summed E-state index contributed by atoms with van der Waals surface area (Å²) >= 11 is 0. The second kappa shape index (κ2) is 5.96. The number of carbonyl (C=O) groups is 1. The van der Waals surface area contributed by atoms with Crippen LogP contribution in [-0.2, 0) is 9.53 Å². The van der Waals surface area contributed by atoms with Gasteiger partial charge in [-0.1, -0.05) is 12.1 Å². The highest BCUT2D eigenvalue weighted by molar-refractivity contribution is 5.77.